The summed E-state index contributed by atoms with van der Waals surface area (Å²) in [5, 5.41) is 131. The molecule has 21 N–H and O–H groups in total. The minimum Gasteiger partial charge on any atom is -0.508 e. The van der Waals surface area contributed by atoms with Crippen molar-refractivity contribution in [2.24, 2.45) is 11.7 Å². The largest absolute Gasteiger partial charge is 0.573 e. The second kappa shape index (κ2) is 40.1. The molecule has 686 valence electrons. The smallest absolute Gasteiger partial charge is 0.508 e. The predicted octanol–water partition coefficient (Wildman–Crippen LogP) is 1.97. The third-order valence-corrected chi connectivity index (χ3v) is 23.1. The van der Waals surface area contributed by atoms with Crippen molar-refractivity contribution in [3.05, 3.63) is 147 Å². The molecular weight excluding hydrogens is 1720 g/mol. The summed E-state index contributed by atoms with van der Waals surface area (Å²) < 4.78 is 81.8. The SMILES string of the molecule is CNC(CC(C)C)C(=O)NC1C(=O)NC(CC(N)=O)C(=O)NC2C(=O)NC3C(=O)NC(C(=O)NC(C(=O)NN(C)C)c4cc(O)cc(O)c4-c4cc3ccc4O)C(O)c3ccc(c(Cl)c3)Oc3cc2cc(c3OC2OC(CO)C(O)C(O)C2OC2CC(C)(NCCN3CCC(NC(=O)Cc4ccc(OC(F)(F)F)cc4)CC3)C(O)C(C)O2)Oc2ccc(cc2Cl)C1O. The maximum absolute atomic E-state index is 16.3. The van der Waals surface area contributed by atoms with Gasteiger partial charge in [0.25, 0.3) is 5.91 Å². The van der Waals surface area contributed by atoms with Crippen molar-refractivity contribution < 1.29 is 135 Å². The molecule has 18 atom stereocenters. The Bertz CT molecular complexity index is 5100. The number of amides is 9. The molecule has 38 nitrogen and oxygen atoms in total. The molecular formula is C84H100Cl2F3N13O25. The topological polar surface area (TPSA) is 553 Å². The first-order valence-electron chi connectivity index (χ1n) is 40.6. The molecule has 11 bridgehead atoms. The Morgan fingerprint density at radius 3 is 1.94 bits per heavy atom. The lowest BCUT2D eigenvalue weighted by Gasteiger charge is -2.48. The number of primary amides is 1. The zero-order valence-electron chi connectivity index (χ0n) is 69.5. The molecule has 18 unspecified atom stereocenters. The van der Waals surface area contributed by atoms with E-state index in [1.165, 1.54) is 56.5 Å². The summed E-state index contributed by atoms with van der Waals surface area (Å²) in [4.78, 5) is 135. The van der Waals surface area contributed by atoms with E-state index in [-0.39, 0.29) is 76.7 Å². The number of nitrogens with zero attached hydrogens (tertiary/aromatic N) is 2. The van der Waals surface area contributed by atoms with Gasteiger partial charge in [0.2, 0.25) is 59.3 Å². The van der Waals surface area contributed by atoms with Gasteiger partial charge in [-0.15, -0.1) is 13.2 Å². The number of piperidine rings is 1. The molecule has 3 saturated heterocycles. The number of aliphatic hydroxyl groups excluding tert-OH is 6. The summed E-state index contributed by atoms with van der Waals surface area (Å²) in [5.41, 5.74) is 5.00. The number of benzene rings is 6. The lowest BCUT2D eigenvalue weighted by molar-refractivity contribution is -0.334. The number of halogens is 5. The van der Waals surface area contributed by atoms with Crippen LogP contribution in [0.1, 0.15) is 124 Å². The van der Waals surface area contributed by atoms with Crippen LogP contribution in [-0.2, 0) is 63.8 Å². The number of hydrogen-bond donors (Lipinski definition) is 20. The molecule has 0 saturated carbocycles. The number of hydrogen-bond acceptors (Lipinski definition) is 29. The van der Waals surface area contributed by atoms with Crippen molar-refractivity contribution in [2.75, 3.05) is 53.9 Å². The standard InChI is InChI=1S/C84H100Cl2F3N13O25/c1-36(2)24-50(91-5)75(114)98-66-68(109)40-11-16-54(48(85)27-40)122-56-29-42-30-57(72(56)126-82-73(71(112)70(111)58(35-103)124-82)125-61-34-83(4,74(113)37(3)121-61)92-20-23-102-21-18-43(19-22-102)93-60(108)25-38-8-13-45(14-9-38)127-84(87,88)89)123-55-17-12-41(28-49(55)86)69(110)67-80(119)97-65(81(120)100-101(6)7)47-31-44(104)32-53(106)62(47)46-26-39(10-15-52(46)105)63(77(116)99-67)96-78(117)64(42)95-76(115)51(33-59(90)107)94-79(66)118/h8-17,26-32,36-37,43,50-51,58,61,63-71,73-74,82,91-92,103-106,109-113H,18-25,33-35H2,1-7H3,(H2,90,107)(H,93,108)(H,94,118)(H,95,115)(H,96,117)(H,97,119)(H,98,114)(H,99,116)(H,100,120). The fourth-order valence-corrected chi connectivity index (χ4v) is 16.5. The first-order chi connectivity index (χ1) is 60.0. The number of phenols is 3. The molecule has 43 heteroatoms. The Morgan fingerprint density at radius 1 is 0.717 bits per heavy atom. The van der Waals surface area contributed by atoms with Gasteiger partial charge in [-0.3, -0.25) is 48.6 Å². The lowest BCUT2D eigenvalue weighted by Crippen LogP contribution is -2.66. The number of alkyl halides is 3. The number of carbonyl (C=O) groups excluding carboxylic acids is 9. The highest BCUT2D eigenvalue weighted by atomic mass is 35.5. The quantitative estimate of drug-likeness (QED) is 0.0432. The van der Waals surface area contributed by atoms with Gasteiger partial charge >= 0.3 is 6.36 Å². The Labute approximate surface area is 734 Å². The van der Waals surface area contributed by atoms with Gasteiger partial charge in [-0.05, 0) is 146 Å². The number of phenolic OH excluding ortho intramolecular Hbond substituents is 3. The van der Waals surface area contributed by atoms with Gasteiger partial charge in [-0.1, -0.05) is 67.4 Å². The van der Waals surface area contributed by atoms with E-state index in [9.17, 15) is 78.3 Å². The normalized spacial score (nSPS) is 26.9. The number of aromatic hydroxyl groups is 3. The van der Waals surface area contributed by atoms with Gasteiger partial charge in [-0.2, -0.15) is 0 Å². The summed E-state index contributed by atoms with van der Waals surface area (Å²) in [6.45, 7) is 7.60. The Balaban J connectivity index is 0.961. The maximum Gasteiger partial charge on any atom is 0.573 e. The molecule has 9 amide bonds. The minimum absolute atomic E-state index is 0.0897. The van der Waals surface area contributed by atoms with Gasteiger partial charge in [0.15, 0.2) is 23.9 Å². The number of likely N-dealkylation sites (tertiary alicyclic amines) is 1. The minimum atomic E-state index is -4.88. The molecule has 0 radical (unpaired) electrons. The molecule has 8 aliphatic heterocycles. The summed E-state index contributed by atoms with van der Waals surface area (Å²) in [7, 11) is 4.29. The van der Waals surface area contributed by atoms with Gasteiger partial charge in [0, 0.05) is 75.5 Å². The number of ether oxygens (including phenoxy) is 7. The van der Waals surface area contributed by atoms with Crippen LogP contribution in [-0.4, -0.2) is 254 Å². The number of likely N-dealkylation sites (N-methyl/N-ethyl adjacent to an activating group) is 1. The average molecular weight is 1820 g/mol. The summed E-state index contributed by atoms with van der Waals surface area (Å²) in [6, 6.07) is 4.70. The highest BCUT2D eigenvalue weighted by Gasteiger charge is 2.53. The monoisotopic (exact) mass is 1820 g/mol. The van der Waals surface area contributed by atoms with Crippen LogP contribution in [0, 0.1) is 5.92 Å². The number of carbonyl (C=O) groups is 9. The van der Waals surface area contributed by atoms with E-state index in [0.717, 1.165) is 72.8 Å². The van der Waals surface area contributed by atoms with Crippen LogP contribution < -0.4 is 78.0 Å². The molecule has 8 aliphatic rings. The van der Waals surface area contributed by atoms with E-state index in [4.69, 9.17) is 57.4 Å². The number of nitrogens with two attached hydrogens (primary N) is 1. The Hall–Kier alpha value is -11.0. The summed E-state index contributed by atoms with van der Waals surface area (Å²) >= 11 is 14.4. The fraction of sp³-hybridized carbons (Fsp3) is 0.464. The van der Waals surface area contributed by atoms with Crippen LogP contribution in [0.2, 0.25) is 10.0 Å². The van der Waals surface area contributed by atoms with Crippen LogP contribution in [0.5, 0.6) is 51.7 Å². The zero-order chi connectivity index (χ0) is 92.1. The molecule has 127 heavy (non-hydrogen) atoms. The molecule has 14 rings (SSSR count). The Morgan fingerprint density at radius 2 is 1.34 bits per heavy atom. The first kappa shape index (κ1) is 95.1. The van der Waals surface area contributed by atoms with Crippen LogP contribution in [0.25, 0.3) is 11.1 Å². The van der Waals surface area contributed by atoms with Gasteiger partial charge in [0.05, 0.1) is 47.7 Å². The molecule has 0 aromatic heterocycles. The maximum atomic E-state index is 16.3. The fourth-order valence-electron chi connectivity index (χ4n) is 16.0. The van der Waals surface area contributed by atoms with E-state index in [0.29, 0.717) is 38.0 Å². The number of aliphatic hydroxyl groups is 6. The van der Waals surface area contributed by atoms with Crippen LogP contribution in [0.4, 0.5) is 13.2 Å². The zero-order valence-corrected chi connectivity index (χ0v) is 71.0. The first-order valence-corrected chi connectivity index (χ1v) is 41.3. The third-order valence-electron chi connectivity index (χ3n) is 22.5. The number of nitrogens with one attached hydrogen (secondary N) is 10. The van der Waals surface area contributed by atoms with Crippen LogP contribution >= 0.6 is 23.2 Å². The van der Waals surface area contributed by atoms with Crippen molar-refractivity contribution in [1.82, 2.24) is 63.2 Å². The van der Waals surface area contributed by atoms with Crippen molar-refractivity contribution in [2.45, 2.75) is 188 Å². The van der Waals surface area contributed by atoms with Crippen LogP contribution in [0.15, 0.2) is 103 Å². The summed E-state index contributed by atoms with van der Waals surface area (Å²) in [6.07, 6.45) is -22.9. The van der Waals surface area contributed by atoms with E-state index in [1.807, 2.05) is 13.8 Å². The van der Waals surface area contributed by atoms with Crippen molar-refractivity contribution in [3.8, 4) is 62.9 Å². The predicted molar refractivity (Wildman–Crippen MR) is 442 cm³/mol. The number of rotatable bonds is 22. The highest BCUT2D eigenvalue weighted by Crippen LogP contribution is 2.50. The molecule has 0 spiro atoms. The van der Waals surface area contributed by atoms with E-state index in [2.05, 4.69) is 62.9 Å². The average Bonchev–Trinajstić information content (AvgIpc) is 0.764. The molecule has 6 aromatic rings. The van der Waals surface area contributed by atoms with E-state index in [1.54, 1.807) is 13.8 Å². The molecule has 3 fully saturated rings. The van der Waals surface area contributed by atoms with Crippen molar-refractivity contribution >= 4 is 76.4 Å². The second-order valence-electron chi connectivity index (χ2n) is 32.6. The molecule has 8 heterocycles. The number of hydrazine groups is 1. The van der Waals surface area contributed by atoms with E-state index >= 15 is 24.0 Å². The van der Waals surface area contributed by atoms with E-state index < -0.39 is 244 Å². The van der Waals surface area contributed by atoms with Gasteiger partial charge in [-0.25, -0.2) is 5.01 Å². The molecule has 0 aliphatic carbocycles. The van der Waals surface area contributed by atoms with Crippen LogP contribution in [0.3, 0.4) is 0 Å². The molecule has 6 aromatic carbocycles. The summed E-state index contributed by atoms with van der Waals surface area (Å²) in [5.74, 6) is -15.8. The Kier molecular flexibility index (Phi) is 30.0. The van der Waals surface area contributed by atoms with Gasteiger partial charge < -0.3 is 138 Å². The highest BCUT2D eigenvalue weighted by molar-refractivity contribution is 6.32. The lowest BCUT2D eigenvalue weighted by atomic mass is 9.85. The second-order valence-corrected chi connectivity index (χ2v) is 33.5. The van der Waals surface area contributed by atoms with Gasteiger partial charge in [0.1, 0.15) is 101 Å². The van der Waals surface area contributed by atoms with Crippen molar-refractivity contribution in [3.63, 3.8) is 0 Å². The number of fused-ring (bicyclic) bond motifs is 15. The van der Waals surface area contributed by atoms with Crippen molar-refractivity contribution in [1.29, 1.82) is 0 Å². The third kappa shape index (κ3) is 22.6.